The molecule has 0 aromatic rings. The van der Waals surface area contributed by atoms with Gasteiger partial charge in [-0.15, -0.1) is 0 Å². The highest BCUT2D eigenvalue weighted by atomic mass is 16.3. The van der Waals surface area contributed by atoms with Crippen molar-refractivity contribution >= 4 is 5.78 Å². The van der Waals surface area contributed by atoms with Crippen LogP contribution in [0.5, 0.6) is 0 Å². The number of Topliss-reactive ketones (excluding diaryl/α,β-unsaturated/α-hetero) is 1. The number of rotatable bonds is 5. The second-order valence-corrected chi connectivity index (χ2v) is 13.5. The Morgan fingerprint density at radius 2 is 1.82 bits per heavy atom. The van der Waals surface area contributed by atoms with Crippen molar-refractivity contribution in [2.75, 3.05) is 6.61 Å². The molecule has 0 bridgehead atoms. The maximum atomic E-state index is 13.9. The summed E-state index contributed by atoms with van der Waals surface area (Å²) in [7, 11) is 0. The van der Waals surface area contributed by atoms with Crippen LogP contribution in [0.25, 0.3) is 0 Å². The lowest BCUT2D eigenvalue weighted by Gasteiger charge is -2.61. The summed E-state index contributed by atoms with van der Waals surface area (Å²) < 4.78 is 0. The Bertz CT molecular complexity index is 866. The Labute approximate surface area is 202 Å². The van der Waals surface area contributed by atoms with E-state index in [1.807, 2.05) is 6.92 Å². The Kier molecular flexibility index (Phi) is 6.35. The van der Waals surface area contributed by atoms with Gasteiger partial charge in [0.15, 0.2) is 5.78 Å². The van der Waals surface area contributed by atoms with Crippen molar-refractivity contribution in [3.8, 4) is 0 Å². The van der Waals surface area contributed by atoms with E-state index in [2.05, 4.69) is 47.6 Å². The fraction of sp³-hybridized carbons (Fsp3) is 0.833. The maximum absolute atomic E-state index is 13.9. The minimum Gasteiger partial charge on any atom is -0.393 e. The third-order valence-electron chi connectivity index (χ3n) is 11.7. The summed E-state index contributed by atoms with van der Waals surface area (Å²) >= 11 is 0. The normalized spacial score (nSPS) is 43.7. The van der Waals surface area contributed by atoms with Crippen molar-refractivity contribution in [1.82, 2.24) is 0 Å². The highest BCUT2D eigenvalue weighted by Crippen LogP contribution is 2.71. The van der Waals surface area contributed by atoms with Gasteiger partial charge in [-0.1, -0.05) is 58.8 Å². The molecule has 2 fully saturated rings. The first-order valence-corrected chi connectivity index (χ1v) is 13.5. The van der Waals surface area contributed by atoms with E-state index < -0.39 is 0 Å². The van der Waals surface area contributed by atoms with Crippen LogP contribution >= 0.6 is 0 Å². The lowest BCUT2D eigenvalue weighted by Crippen LogP contribution is -2.57. The maximum Gasteiger partial charge on any atom is 0.159 e. The van der Waals surface area contributed by atoms with E-state index in [9.17, 15) is 15.0 Å². The van der Waals surface area contributed by atoms with E-state index in [0.717, 1.165) is 44.1 Å². The molecule has 0 aromatic heterocycles. The SMILES string of the molecule is C/C(=C\CC[C@@H](C)[C@H]1CC[C@@]2(C)C3=C(CC[C@]12C)[C@@]1(C)CCC(O)C(C)(C)C1CC3=O)CO. The molecular weight excluding hydrogens is 408 g/mol. The zero-order valence-electron chi connectivity index (χ0n) is 22.3. The predicted octanol–water partition coefficient (Wildman–Crippen LogP) is 6.63. The first-order valence-electron chi connectivity index (χ1n) is 13.5. The van der Waals surface area contributed by atoms with Crippen LogP contribution in [0.1, 0.15) is 106 Å². The fourth-order valence-electron chi connectivity index (χ4n) is 9.16. The minimum atomic E-state index is -0.310. The van der Waals surface area contributed by atoms with Crippen LogP contribution in [0.15, 0.2) is 22.8 Å². The summed E-state index contributed by atoms with van der Waals surface area (Å²) in [5.74, 6) is 1.89. The molecule has 2 saturated carbocycles. The van der Waals surface area contributed by atoms with Gasteiger partial charge in [0.1, 0.15) is 0 Å². The molecular formula is C30H48O3. The number of fused-ring (bicyclic) bond motifs is 4. The molecule has 0 saturated heterocycles. The van der Waals surface area contributed by atoms with Crippen molar-refractivity contribution in [3.63, 3.8) is 0 Å². The van der Waals surface area contributed by atoms with Crippen molar-refractivity contribution in [2.24, 2.45) is 39.4 Å². The van der Waals surface area contributed by atoms with Crippen molar-refractivity contribution in [2.45, 2.75) is 112 Å². The summed E-state index contributed by atoms with van der Waals surface area (Å²) in [6, 6.07) is 0. The van der Waals surface area contributed by atoms with E-state index in [0.29, 0.717) is 24.0 Å². The van der Waals surface area contributed by atoms with Gasteiger partial charge in [0.2, 0.25) is 0 Å². The standard InChI is InChI=1S/C30H48O3/c1-19(18-31)9-8-10-20(2)21-11-16-30(7)26-22(12-15-29(21,30)6)28(5)14-13-25(33)27(3,4)24(28)17-23(26)32/h9,20-21,24-25,31,33H,8,10-18H2,1-7H3/b19-9+/t20-,21-,24?,25?,28-,29-,30+/m1/s1. The Balaban J connectivity index is 1.67. The third kappa shape index (κ3) is 3.54. The van der Waals surface area contributed by atoms with Crippen LogP contribution in [0.3, 0.4) is 0 Å². The molecule has 0 aliphatic heterocycles. The smallest absolute Gasteiger partial charge is 0.159 e. The number of carbonyl (C=O) groups is 1. The molecule has 186 valence electrons. The van der Waals surface area contributed by atoms with Crippen LogP contribution in [0.2, 0.25) is 0 Å². The zero-order valence-corrected chi connectivity index (χ0v) is 22.3. The van der Waals surface area contributed by atoms with Gasteiger partial charge in [0.25, 0.3) is 0 Å². The fourth-order valence-corrected chi connectivity index (χ4v) is 9.16. The van der Waals surface area contributed by atoms with E-state index >= 15 is 0 Å². The van der Waals surface area contributed by atoms with Crippen LogP contribution in [-0.4, -0.2) is 28.7 Å². The van der Waals surface area contributed by atoms with Crippen LogP contribution in [0.4, 0.5) is 0 Å². The van der Waals surface area contributed by atoms with Crippen molar-refractivity contribution < 1.29 is 15.0 Å². The van der Waals surface area contributed by atoms with Crippen LogP contribution < -0.4 is 0 Å². The van der Waals surface area contributed by atoms with E-state index in [1.165, 1.54) is 24.0 Å². The van der Waals surface area contributed by atoms with Crippen LogP contribution in [0, 0.1) is 39.4 Å². The third-order valence-corrected chi connectivity index (χ3v) is 11.7. The molecule has 0 radical (unpaired) electrons. The van der Waals surface area contributed by atoms with Gasteiger partial charge in [-0.3, -0.25) is 4.79 Å². The molecule has 4 aliphatic carbocycles. The number of carbonyl (C=O) groups excluding carboxylic acids is 1. The van der Waals surface area contributed by atoms with Gasteiger partial charge in [-0.25, -0.2) is 0 Å². The van der Waals surface area contributed by atoms with Crippen molar-refractivity contribution in [3.05, 3.63) is 22.8 Å². The molecule has 0 heterocycles. The number of hydrogen-bond donors (Lipinski definition) is 2. The Morgan fingerprint density at radius 3 is 2.48 bits per heavy atom. The van der Waals surface area contributed by atoms with Gasteiger partial charge < -0.3 is 10.2 Å². The summed E-state index contributed by atoms with van der Waals surface area (Å²) in [5.41, 5.74) is 3.73. The molecule has 7 atom stereocenters. The summed E-state index contributed by atoms with van der Waals surface area (Å²) in [4.78, 5) is 13.9. The lowest BCUT2D eigenvalue weighted by molar-refractivity contribution is -0.134. The highest BCUT2D eigenvalue weighted by Gasteiger charge is 2.65. The lowest BCUT2D eigenvalue weighted by atomic mass is 9.43. The second-order valence-electron chi connectivity index (χ2n) is 13.5. The predicted molar refractivity (Wildman–Crippen MR) is 135 cm³/mol. The Morgan fingerprint density at radius 1 is 1.12 bits per heavy atom. The molecule has 2 unspecified atom stereocenters. The van der Waals surface area contributed by atoms with Gasteiger partial charge in [-0.05, 0) is 92.3 Å². The van der Waals surface area contributed by atoms with Crippen LogP contribution in [-0.2, 0) is 4.79 Å². The number of aliphatic hydroxyl groups is 2. The Hall–Kier alpha value is -0.930. The number of hydrogen-bond acceptors (Lipinski definition) is 3. The molecule has 4 rings (SSSR count). The van der Waals surface area contributed by atoms with Gasteiger partial charge in [0.05, 0.1) is 12.7 Å². The summed E-state index contributed by atoms with van der Waals surface area (Å²) in [5, 5.41) is 20.1. The first-order chi connectivity index (χ1) is 15.3. The summed E-state index contributed by atoms with van der Waals surface area (Å²) in [6.45, 7) is 16.3. The minimum absolute atomic E-state index is 0.0262. The number of ketones is 1. The largest absolute Gasteiger partial charge is 0.393 e. The van der Waals surface area contributed by atoms with E-state index in [1.54, 1.807) is 0 Å². The van der Waals surface area contributed by atoms with E-state index in [-0.39, 0.29) is 40.3 Å². The topological polar surface area (TPSA) is 57.5 Å². The van der Waals surface area contributed by atoms with E-state index in [4.69, 9.17) is 0 Å². The average molecular weight is 457 g/mol. The van der Waals surface area contributed by atoms with Gasteiger partial charge in [0, 0.05) is 17.4 Å². The van der Waals surface area contributed by atoms with Gasteiger partial charge in [-0.2, -0.15) is 0 Å². The highest BCUT2D eigenvalue weighted by molar-refractivity contribution is 5.99. The monoisotopic (exact) mass is 456 g/mol. The average Bonchev–Trinajstić information content (AvgIpc) is 3.04. The van der Waals surface area contributed by atoms with Gasteiger partial charge >= 0.3 is 0 Å². The molecule has 3 heteroatoms. The first kappa shape index (κ1) is 25.2. The molecule has 4 aliphatic rings. The molecule has 0 amide bonds. The quantitative estimate of drug-likeness (QED) is 0.456. The second kappa shape index (κ2) is 8.33. The number of allylic oxidation sites excluding steroid dienone is 3. The molecule has 0 spiro atoms. The zero-order chi connectivity index (χ0) is 24.4. The summed E-state index contributed by atoms with van der Waals surface area (Å²) in [6.07, 6.45) is 11.1. The number of aliphatic hydroxyl groups excluding tert-OH is 2. The molecule has 3 nitrogen and oxygen atoms in total. The molecule has 2 N–H and O–H groups in total. The molecule has 33 heavy (non-hydrogen) atoms. The molecule has 0 aromatic carbocycles. The van der Waals surface area contributed by atoms with Crippen molar-refractivity contribution in [1.29, 1.82) is 0 Å².